The normalized spacial score (nSPS) is 14.9. The molecule has 0 aliphatic heterocycles. The van der Waals surface area contributed by atoms with Crippen molar-refractivity contribution >= 4 is 5.97 Å². The molecule has 116 valence electrons. The highest BCUT2D eigenvalue weighted by Crippen LogP contribution is 2.05. The van der Waals surface area contributed by atoms with Crippen molar-refractivity contribution in [1.82, 2.24) is 5.32 Å². The molecule has 4 nitrogen and oxygen atoms in total. The van der Waals surface area contributed by atoms with Gasteiger partial charge in [-0.2, -0.15) is 0 Å². The highest BCUT2D eigenvalue weighted by Gasteiger charge is 2.21. The molecule has 0 aromatic carbocycles. The maximum Gasteiger partial charge on any atom is 0.323 e. The van der Waals surface area contributed by atoms with E-state index in [0.29, 0.717) is 6.54 Å². The molecule has 0 bridgehead atoms. The molecular weight excluding hydrogens is 254 g/mol. The standard InChI is InChI=1S/C16H29NO3/c1-3-4-5-6-7-8-9-10-11-12-13-17-15(14(2)18)16(19)20/h9-12,14-15,17-18H,3-8,13H2,1-2H3,(H,19,20)/t14-,15+/m1/s1. The molecule has 0 aromatic rings. The summed E-state index contributed by atoms with van der Waals surface area (Å²) in [5.41, 5.74) is 0. The van der Waals surface area contributed by atoms with Gasteiger partial charge in [0.2, 0.25) is 0 Å². The largest absolute Gasteiger partial charge is 0.480 e. The Hall–Kier alpha value is -1.13. The van der Waals surface area contributed by atoms with E-state index >= 15 is 0 Å². The van der Waals surface area contributed by atoms with Gasteiger partial charge in [0.15, 0.2) is 0 Å². The lowest BCUT2D eigenvalue weighted by atomic mass is 10.1. The van der Waals surface area contributed by atoms with Gasteiger partial charge in [0.25, 0.3) is 0 Å². The molecule has 0 rings (SSSR count). The number of allylic oxidation sites excluding steroid dienone is 3. The molecule has 0 fully saturated rings. The van der Waals surface area contributed by atoms with E-state index in [4.69, 9.17) is 5.11 Å². The number of aliphatic carboxylic acids is 1. The van der Waals surface area contributed by atoms with Gasteiger partial charge in [-0.25, -0.2) is 0 Å². The second kappa shape index (κ2) is 12.9. The van der Waals surface area contributed by atoms with Crippen molar-refractivity contribution in [2.24, 2.45) is 0 Å². The molecule has 20 heavy (non-hydrogen) atoms. The molecule has 3 N–H and O–H groups in total. The quantitative estimate of drug-likeness (QED) is 0.380. The van der Waals surface area contributed by atoms with Crippen LogP contribution in [0.2, 0.25) is 0 Å². The molecule has 0 heterocycles. The first kappa shape index (κ1) is 18.9. The number of hydrogen-bond acceptors (Lipinski definition) is 3. The van der Waals surface area contributed by atoms with E-state index in [-0.39, 0.29) is 0 Å². The first-order valence-corrected chi connectivity index (χ1v) is 7.55. The van der Waals surface area contributed by atoms with E-state index in [1.165, 1.54) is 39.0 Å². The van der Waals surface area contributed by atoms with Crippen molar-refractivity contribution in [3.63, 3.8) is 0 Å². The Balaban J connectivity index is 3.62. The first-order chi connectivity index (χ1) is 9.59. The Morgan fingerprint density at radius 2 is 1.80 bits per heavy atom. The van der Waals surface area contributed by atoms with Gasteiger partial charge in [-0.3, -0.25) is 10.1 Å². The Bertz CT molecular complexity index is 298. The van der Waals surface area contributed by atoms with E-state index in [0.717, 1.165) is 6.42 Å². The SMILES string of the molecule is CCCCCCCC=CC=CCN[C@H](C(=O)O)[C@@H](C)O. The third-order valence-electron chi connectivity index (χ3n) is 3.06. The lowest BCUT2D eigenvalue weighted by molar-refractivity contribution is -0.142. The van der Waals surface area contributed by atoms with Crippen LogP contribution in [0.25, 0.3) is 0 Å². The molecule has 0 aliphatic rings. The number of rotatable bonds is 12. The van der Waals surface area contributed by atoms with Crippen LogP contribution in [-0.2, 0) is 4.79 Å². The third kappa shape index (κ3) is 10.8. The zero-order valence-corrected chi connectivity index (χ0v) is 12.7. The van der Waals surface area contributed by atoms with E-state index in [1.807, 2.05) is 18.2 Å². The molecule has 0 radical (unpaired) electrons. The lowest BCUT2D eigenvalue weighted by Crippen LogP contribution is -2.44. The Kier molecular flexibility index (Phi) is 12.2. The van der Waals surface area contributed by atoms with Crippen LogP contribution in [0.1, 0.15) is 52.4 Å². The molecule has 0 aromatic heterocycles. The number of aliphatic hydroxyl groups is 1. The topological polar surface area (TPSA) is 69.6 Å². The van der Waals surface area contributed by atoms with Crippen molar-refractivity contribution in [1.29, 1.82) is 0 Å². The predicted molar refractivity (Wildman–Crippen MR) is 82.8 cm³/mol. The summed E-state index contributed by atoms with van der Waals surface area (Å²) in [5.74, 6) is -1.03. The highest BCUT2D eigenvalue weighted by molar-refractivity contribution is 5.74. The molecule has 0 saturated carbocycles. The van der Waals surface area contributed by atoms with Gasteiger partial charge in [0.1, 0.15) is 6.04 Å². The number of aliphatic hydroxyl groups excluding tert-OH is 1. The van der Waals surface area contributed by atoms with Crippen LogP contribution in [0, 0.1) is 0 Å². The average molecular weight is 283 g/mol. The van der Waals surface area contributed by atoms with Gasteiger partial charge in [-0.05, 0) is 19.8 Å². The van der Waals surface area contributed by atoms with E-state index in [2.05, 4.69) is 18.3 Å². The molecule has 0 aliphatic carbocycles. The van der Waals surface area contributed by atoms with Crippen molar-refractivity contribution in [2.45, 2.75) is 64.5 Å². The zero-order valence-electron chi connectivity index (χ0n) is 12.7. The first-order valence-electron chi connectivity index (χ1n) is 7.55. The predicted octanol–water partition coefficient (Wildman–Crippen LogP) is 2.88. The summed E-state index contributed by atoms with van der Waals surface area (Å²) < 4.78 is 0. The summed E-state index contributed by atoms with van der Waals surface area (Å²) in [6.07, 6.45) is 14.5. The van der Waals surface area contributed by atoms with Gasteiger partial charge in [-0.15, -0.1) is 0 Å². The molecule has 2 atom stereocenters. The van der Waals surface area contributed by atoms with Crippen molar-refractivity contribution in [3.05, 3.63) is 24.3 Å². The molecule has 0 unspecified atom stereocenters. The van der Waals surface area contributed by atoms with Gasteiger partial charge < -0.3 is 10.2 Å². The van der Waals surface area contributed by atoms with Gasteiger partial charge >= 0.3 is 5.97 Å². The Morgan fingerprint density at radius 1 is 1.15 bits per heavy atom. The monoisotopic (exact) mass is 283 g/mol. The summed E-state index contributed by atoms with van der Waals surface area (Å²) in [6.45, 7) is 4.11. The summed E-state index contributed by atoms with van der Waals surface area (Å²) in [7, 11) is 0. The van der Waals surface area contributed by atoms with Crippen LogP contribution in [0.4, 0.5) is 0 Å². The van der Waals surface area contributed by atoms with E-state index in [1.54, 1.807) is 0 Å². The Morgan fingerprint density at radius 3 is 2.40 bits per heavy atom. The number of carbonyl (C=O) groups is 1. The van der Waals surface area contributed by atoms with Gasteiger partial charge in [-0.1, -0.05) is 56.9 Å². The van der Waals surface area contributed by atoms with Gasteiger partial charge in [0, 0.05) is 6.54 Å². The smallest absolute Gasteiger partial charge is 0.323 e. The van der Waals surface area contributed by atoms with Crippen LogP contribution in [0.3, 0.4) is 0 Å². The second-order valence-corrected chi connectivity index (χ2v) is 5.02. The van der Waals surface area contributed by atoms with Gasteiger partial charge in [0.05, 0.1) is 6.10 Å². The summed E-state index contributed by atoms with van der Waals surface area (Å²) in [4.78, 5) is 10.8. The number of carboxylic acid groups (broad SMARTS) is 1. The minimum absolute atomic E-state index is 0.433. The van der Waals surface area contributed by atoms with Crippen molar-refractivity contribution < 1.29 is 15.0 Å². The fourth-order valence-corrected chi connectivity index (χ4v) is 1.85. The minimum atomic E-state index is -1.03. The highest BCUT2D eigenvalue weighted by atomic mass is 16.4. The number of nitrogens with one attached hydrogen (secondary N) is 1. The van der Waals surface area contributed by atoms with Crippen molar-refractivity contribution in [3.8, 4) is 0 Å². The number of carboxylic acids is 1. The fourth-order valence-electron chi connectivity index (χ4n) is 1.85. The molecule has 4 heteroatoms. The average Bonchev–Trinajstić information content (AvgIpc) is 2.39. The number of unbranched alkanes of at least 4 members (excludes halogenated alkanes) is 5. The summed E-state index contributed by atoms with van der Waals surface area (Å²) in [5, 5.41) is 20.9. The maximum atomic E-state index is 10.8. The van der Waals surface area contributed by atoms with Crippen molar-refractivity contribution in [2.75, 3.05) is 6.54 Å². The fraction of sp³-hybridized carbons (Fsp3) is 0.688. The summed E-state index contributed by atoms with van der Waals surface area (Å²) >= 11 is 0. The molecule has 0 saturated heterocycles. The summed E-state index contributed by atoms with van der Waals surface area (Å²) in [6, 6.07) is -0.915. The van der Waals surface area contributed by atoms with E-state index in [9.17, 15) is 9.90 Å². The minimum Gasteiger partial charge on any atom is -0.480 e. The van der Waals surface area contributed by atoms with Crippen LogP contribution in [0.15, 0.2) is 24.3 Å². The zero-order chi connectivity index (χ0) is 15.2. The van der Waals surface area contributed by atoms with Crippen LogP contribution in [-0.4, -0.2) is 34.9 Å². The van der Waals surface area contributed by atoms with Crippen LogP contribution >= 0.6 is 0 Å². The third-order valence-corrected chi connectivity index (χ3v) is 3.06. The Labute approximate surface area is 122 Å². The molecular formula is C16H29NO3. The lowest BCUT2D eigenvalue weighted by Gasteiger charge is -2.15. The molecule has 0 spiro atoms. The van der Waals surface area contributed by atoms with Crippen LogP contribution < -0.4 is 5.32 Å². The number of hydrogen-bond donors (Lipinski definition) is 3. The maximum absolute atomic E-state index is 10.8. The second-order valence-electron chi connectivity index (χ2n) is 5.02. The van der Waals surface area contributed by atoms with Crippen LogP contribution in [0.5, 0.6) is 0 Å². The molecule has 0 amide bonds. The van der Waals surface area contributed by atoms with E-state index < -0.39 is 18.1 Å².